The number of benzene rings is 1. The average molecular weight is 323 g/mol. The Bertz CT molecular complexity index is 744. The summed E-state index contributed by atoms with van der Waals surface area (Å²) in [7, 11) is 0. The van der Waals surface area contributed by atoms with Gasteiger partial charge in [-0.15, -0.1) is 0 Å². The van der Waals surface area contributed by atoms with E-state index in [0.717, 1.165) is 19.0 Å². The van der Waals surface area contributed by atoms with Crippen LogP contribution in [0.4, 0.5) is 0 Å². The average Bonchev–Trinajstić information content (AvgIpc) is 3.29. The first kappa shape index (κ1) is 15.1. The van der Waals surface area contributed by atoms with E-state index in [4.69, 9.17) is 8.94 Å². The number of hydrogen-bond acceptors (Lipinski definition) is 5. The van der Waals surface area contributed by atoms with Gasteiger partial charge in [-0.1, -0.05) is 35.5 Å². The zero-order valence-corrected chi connectivity index (χ0v) is 13.6. The normalized spacial score (nSPS) is 16.5. The molecule has 24 heavy (non-hydrogen) atoms. The highest BCUT2D eigenvalue weighted by Crippen LogP contribution is 2.23. The minimum Gasteiger partial charge on any atom is -0.461 e. The molecule has 0 aliphatic carbocycles. The van der Waals surface area contributed by atoms with Gasteiger partial charge in [-0.3, -0.25) is 4.90 Å². The predicted molar refractivity (Wildman–Crippen MR) is 90.1 cm³/mol. The van der Waals surface area contributed by atoms with Crippen molar-refractivity contribution in [2.75, 3.05) is 13.1 Å². The molecule has 5 nitrogen and oxygen atoms in total. The zero-order chi connectivity index (χ0) is 16.2. The van der Waals surface area contributed by atoms with Crippen LogP contribution in [0.25, 0.3) is 11.6 Å². The smallest absolute Gasteiger partial charge is 0.241 e. The second-order valence-corrected chi connectivity index (χ2v) is 6.40. The Morgan fingerprint density at radius 3 is 2.62 bits per heavy atom. The molecule has 0 saturated carbocycles. The minimum atomic E-state index is 0.522. The fourth-order valence-corrected chi connectivity index (χ4v) is 3.31. The van der Waals surface area contributed by atoms with Gasteiger partial charge < -0.3 is 8.94 Å². The highest BCUT2D eigenvalue weighted by atomic mass is 16.5. The lowest BCUT2D eigenvalue weighted by atomic mass is 9.90. The molecule has 0 N–H and O–H groups in total. The van der Waals surface area contributed by atoms with Gasteiger partial charge in [0.25, 0.3) is 0 Å². The van der Waals surface area contributed by atoms with Gasteiger partial charge in [-0.05, 0) is 56.0 Å². The van der Waals surface area contributed by atoms with Crippen LogP contribution in [0.2, 0.25) is 0 Å². The standard InChI is InChI=1S/C19H21N3O2/c1-2-5-15(6-3-1)13-16-8-10-22(11-9-16)14-18-20-19(21-24-18)17-7-4-12-23-17/h1-7,12,16H,8-11,13-14H2. The van der Waals surface area contributed by atoms with Crippen molar-refractivity contribution in [2.45, 2.75) is 25.8 Å². The summed E-state index contributed by atoms with van der Waals surface area (Å²) in [5.41, 5.74) is 1.44. The Kier molecular flexibility index (Phi) is 4.42. The molecule has 3 aromatic rings. The van der Waals surface area contributed by atoms with Gasteiger partial charge in [0.05, 0.1) is 12.8 Å². The van der Waals surface area contributed by atoms with E-state index in [-0.39, 0.29) is 0 Å². The summed E-state index contributed by atoms with van der Waals surface area (Å²) in [5, 5.41) is 3.99. The van der Waals surface area contributed by atoms with Crippen LogP contribution >= 0.6 is 0 Å². The number of piperidine rings is 1. The molecule has 1 aliphatic rings. The monoisotopic (exact) mass is 323 g/mol. The third-order valence-corrected chi connectivity index (χ3v) is 4.64. The summed E-state index contributed by atoms with van der Waals surface area (Å²) in [4.78, 5) is 6.81. The van der Waals surface area contributed by atoms with Crippen LogP contribution in [0.3, 0.4) is 0 Å². The molecule has 1 aromatic carbocycles. The van der Waals surface area contributed by atoms with Crippen molar-refractivity contribution < 1.29 is 8.94 Å². The predicted octanol–water partition coefficient (Wildman–Crippen LogP) is 3.78. The van der Waals surface area contributed by atoms with Crippen LogP contribution in [-0.4, -0.2) is 28.1 Å². The molecule has 0 bridgehead atoms. The lowest BCUT2D eigenvalue weighted by Gasteiger charge is -2.31. The highest BCUT2D eigenvalue weighted by molar-refractivity contribution is 5.44. The third kappa shape index (κ3) is 3.57. The zero-order valence-electron chi connectivity index (χ0n) is 13.6. The van der Waals surface area contributed by atoms with Gasteiger partial charge in [0.2, 0.25) is 11.7 Å². The van der Waals surface area contributed by atoms with Crippen molar-refractivity contribution in [3.05, 3.63) is 60.2 Å². The van der Waals surface area contributed by atoms with Crippen LogP contribution in [0.15, 0.2) is 57.7 Å². The fraction of sp³-hybridized carbons (Fsp3) is 0.368. The molecule has 3 heterocycles. The molecule has 124 valence electrons. The Morgan fingerprint density at radius 2 is 1.88 bits per heavy atom. The molecule has 2 aromatic heterocycles. The van der Waals surface area contributed by atoms with Crippen LogP contribution in [0.1, 0.15) is 24.3 Å². The largest absolute Gasteiger partial charge is 0.461 e. The SMILES string of the molecule is c1ccc(CC2CCN(Cc3nc(-c4ccco4)no3)CC2)cc1. The second kappa shape index (κ2) is 7.01. The number of furan rings is 1. The summed E-state index contributed by atoms with van der Waals surface area (Å²) in [6.45, 7) is 2.87. The Labute approximate surface area is 141 Å². The van der Waals surface area contributed by atoms with Crippen molar-refractivity contribution in [2.24, 2.45) is 5.92 Å². The summed E-state index contributed by atoms with van der Waals surface area (Å²) in [6, 6.07) is 14.4. The third-order valence-electron chi connectivity index (χ3n) is 4.64. The Hall–Kier alpha value is -2.40. The van der Waals surface area contributed by atoms with E-state index in [1.165, 1.54) is 24.8 Å². The number of likely N-dealkylation sites (tertiary alicyclic amines) is 1. The molecule has 1 fully saturated rings. The molecule has 0 radical (unpaired) electrons. The highest BCUT2D eigenvalue weighted by Gasteiger charge is 2.21. The lowest BCUT2D eigenvalue weighted by molar-refractivity contribution is 0.159. The first-order valence-corrected chi connectivity index (χ1v) is 8.49. The van der Waals surface area contributed by atoms with Gasteiger partial charge in [-0.25, -0.2) is 0 Å². The molecular formula is C19H21N3O2. The van der Waals surface area contributed by atoms with E-state index in [1.54, 1.807) is 6.26 Å². The molecule has 1 saturated heterocycles. The van der Waals surface area contributed by atoms with Crippen molar-refractivity contribution in [1.29, 1.82) is 0 Å². The van der Waals surface area contributed by atoms with E-state index < -0.39 is 0 Å². The molecule has 5 heteroatoms. The van der Waals surface area contributed by atoms with Crippen molar-refractivity contribution >= 4 is 0 Å². The van der Waals surface area contributed by atoms with Gasteiger partial charge >= 0.3 is 0 Å². The first-order chi connectivity index (χ1) is 11.9. The van der Waals surface area contributed by atoms with Crippen molar-refractivity contribution in [1.82, 2.24) is 15.0 Å². The van der Waals surface area contributed by atoms with E-state index >= 15 is 0 Å². The second-order valence-electron chi connectivity index (χ2n) is 6.40. The molecule has 0 spiro atoms. The lowest BCUT2D eigenvalue weighted by Crippen LogP contribution is -2.33. The quantitative estimate of drug-likeness (QED) is 0.715. The first-order valence-electron chi connectivity index (χ1n) is 8.49. The number of nitrogens with zero attached hydrogens (tertiary/aromatic N) is 3. The Morgan fingerprint density at radius 1 is 1.04 bits per heavy atom. The van der Waals surface area contributed by atoms with E-state index in [0.29, 0.717) is 24.0 Å². The molecule has 0 unspecified atom stereocenters. The van der Waals surface area contributed by atoms with Gasteiger partial charge in [-0.2, -0.15) is 4.98 Å². The number of aromatic nitrogens is 2. The van der Waals surface area contributed by atoms with Crippen LogP contribution in [0, 0.1) is 5.92 Å². The van der Waals surface area contributed by atoms with E-state index in [9.17, 15) is 0 Å². The summed E-state index contributed by atoms with van der Waals surface area (Å²) in [6.07, 6.45) is 5.23. The molecule has 0 atom stereocenters. The molecule has 4 rings (SSSR count). The minimum absolute atomic E-state index is 0.522. The fourth-order valence-electron chi connectivity index (χ4n) is 3.31. The summed E-state index contributed by atoms with van der Waals surface area (Å²) in [5.74, 6) is 2.59. The topological polar surface area (TPSA) is 55.3 Å². The molecule has 0 amide bonds. The maximum Gasteiger partial charge on any atom is 0.241 e. The Balaban J connectivity index is 1.29. The summed E-state index contributed by atoms with van der Waals surface area (Å²) < 4.78 is 10.6. The van der Waals surface area contributed by atoms with Crippen molar-refractivity contribution in [3.63, 3.8) is 0 Å². The maximum absolute atomic E-state index is 5.35. The van der Waals surface area contributed by atoms with Crippen LogP contribution in [-0.2, 0) is 13.0 Å². The van der Waals surface area contributed by atoms with E-state index in [2.05, 4.69) is 45.4 Å². The summed E-state index contributed by atoms with van der Waals surface area (Å²) >= 11 is 0. The van der Waals surface area contributed by atoms with Crippen LogP contribution < -0.4 is 0 Å². The van der Waals surface area contributed by atoms with Crippen molar-refractivity contribution in [3.8, 4) is 11.6 Å². The number of rotatable bonds is 5. The molecule has 1 aliphatic heterocycles. The molecular weight excluding hydrogens is 302 g/mol. The van der Waals surface area contributed by atoms with Crippen LogP contribution in [0.5, 0.6) is 0 Å². The van der Waals surface area contributed by atoms with E-state index in [1.807, 2.05) is 12.1 Å². The van der Waals surface area contributed by atoms with Gasteiger partial charge in [0.1, 0.15) is 0 Å². The van der Waals surface area contributed by atoms with Gasteiger partial charge in [0.15, 0.2) is 5.76 Å². The maximum atomic E-state index is 5.35. The number of hydrogen-bond donors (Lipinski definition) is 0. The van der Waals surface area contributed by atoms with Gasteiger partial charge in [0, 0.05) is 0 Å².